The monoisotopic (exact) mass is 323 g/mol. The van der Waals surface area contributed by atoms with E-state index in [0.29, 0.717) is 51.8 Å². The second kappa shape index (κ2) is 7.14. The number of benzene rings is 1. The lowest BCUT2D eigenvalue weighted by molar-refractivity contribution is -0.119. The number of halogens is 1. The fraction of sp³-hybridized carbons (Fsp3) is 0.562. The molecule has 1 aromatic rings. The van der Waals surface area contributed by atoms with Crippen LogP contribution in [0, 0.1) is 5.82 Å². The summed E-state index contributed by atoms with van der Waals surface area (Å²) in [5, 5.41) is 2.76. The summed E-state index contributed by atoms with van der Waals surface area (Å²) in [5.74, 6) is -0.283. The van der Waals surface area contributed by atoms with Crippen molar-refractivity contribution in [2.45, 2.75) is 13.0 Å². The molecule has 0 spiro atoms. The second-order valence-corrected chi connectivity index (χ2v) is 5.81. The van der Waals surface area contributed by atoms with Gasteiger partial charge in [-0.2, -0.15) is 0 Å². The summed E-state index contributed by atoms with van der Waals surface area (Å²) in [4.78, 5) is 15.0. The van der Waals surface area contributed by atoms with Crippen LogP contribution < -0.4 is 15.1 Å². The number of hydrogen-bond donors (Lipinski definition) is 1. The van der Waals surface area contributed by atoms with Crippen LogP contribution in [0.2, 0.25) is 0 Å². The van der Waals surface area contributed by atoms with Crippen molar-refractivity contribution >= 4 is 17.3 Å². The van der Waals surface area contributed by atoms with Gasteiger partial charge in [-0.05, 0) is 18.2 Å². The second-order valence-electron chi connectivity index (χ2n) is 5.81. The fourth-order valence-electron chi connectivity index (χ4n) is 2.85. The minimum atomic E-state index is -0.217. The molecule has 1 atom stereocenters. The number of amides is 1. The van der Waals surface area contributed by atoms with E-state index in [0.717, 1.165) is 5.69 Å². The molecule has 2 aliphatic rings. The van der Waals surface area contributed by atoms with Crippen LogP contribution in [-0.2, 0) is 14.3 Å². The van der Waals surface area contributed by atoms with Crippen molar-refractivity contribution in [1.82, 2.24) is 5.32 Å². The van der Waals surface area contributed by atoms with E-state index in [-0.39, 0.29) is 17.8 Å². The highest BCUT2D eigenvalue weighted by atomic mass is 19.1. The van der Waals surface area contributed by atoms with Gasteiger partial charge < -0.3 is 24.6 Å². The number of hydrogen-bond acceptors (Lipinski definition) is 5. The smallest absolute Gasteiger partial charge is 0.216 e. The van der Waals surface area contributed by atoms with Crippen LogP contribution in [0.5, 0.6) is 0 Å². The summed E-state index contributed by atoms with van der Waals surface area (Å²) in [6.07, 6.45) is -0.0456. The molecule has 2 aliphatic heterocycles. The molecule has 0 radical (unpaired) electrons. The number of nitrogens with zero attached hydrogens (tertiary/aromatic N) is 2. The molecule has 0 bridgehead atoms. The maximum absolute atomic E-state index is 14.1. The summed E-state index contributed by atoms with van der Waals surface area (Å²) >= 11 is 0. The zero-order chi connectivity index (χ0) is 16.2. The predicted octanol–water partition coefficient (Wildman–Crippen LogP) is 0.961. The molecule has 2 saturated heterocycles. The molecule has 7 heteroatoms. The lowest BCUT2D eigenvalue weighted by Crippen LogP contribution is -2.37. The van der Waals surface area contributed by atoms with Gasteiger partial charge in [0.25, 0.3) is 0 Å². The SMILES string of the molecule is CC(=O)NCC1CN(c2ccc(F)c(N3CCOCC3)c2)CO1. The van der Waals surface area contributed by atoms with Gasteiger partial charge in [0.2, 0.25) is 5.91 Å². The first-order chi connectivity index (χ1) is 11.1. The number of ether oxygens (including phenoxy) is 2. The van der Waals surface area contributed by atoms with Crippen LogP contribution in [0.25, 0.3) is 0 Å². The number of anilines is 2. The Balaban J connectivity index is 1.67. The molecule has 0 aromatic heterocycles. The first kappa shape index (κ1) is 16.0. The molecule has 1 aromatic carbocycles. The fourth-order valence-corrected chi connectivity index (χ4v) is 2.85. The summed E-state index contributed by atoms with van der Waals surface area (Å²) in [7, 11) is 0. The zero-order valence-corrected chi connectivity index (χ0v) is 13.3. The highest BCUT2D eigenvalue weighted by Crippen LogP contribution is 2.28. The molecule has 126 valence electrons. The Morgan fingerprint density at radius 1 is 1.35 bits per heavy atom. The Labute approximate surface area is 135 Å². The van der Waals surface area contributed by atoms with Gasteiger partial charge in [-0.25, -0.2) is 4.39 Å². The first-order valence-electron chi connectivity index (χ1n) is 7.87. The largest absolute Gasteiger partial charge is 0.378 e. The van der Waals surface area contributed by atoms with E-state index in [1.54, 1.807) is 6.07 Å². The Kier molecular flexibility index (Phi) is 4.97. The summed E-state index contributed by atoms with van der Waals surface area (Å²) in [5.41, 5.74) is 1.54. The van der Waals surface area contributed by atoms with Gasteiger partial charge in [-0.1, -0.05) is 0 Å². The number of morpholine rings is 1. The van der Waals surface area contributed by atoms with Crippen LogP contribution in [0.4, 0.5) is 15.8 Å². The number of rotatable bonds is 4. The van der Waals surface area contributed by atoms with Crippen molar-refractivity contribution in [1.29, 1.82) is 0 Å². The maximum atomic E-state index is 14.1. The number of carbonyl (C=O) groups excluding carboxylic acids is 1. The van der Waals surface area contributed by atoms with E-state index in [4.69, 9.17) is 9.47 Å². The van der Waals surface area contributed by atoms with Crippen LogP contribution >= 0.6 is 0 Å². The van der Waals surface area contributed by atoms with Crippen LogP contribution in [-0.4, -0.2) is 58.1 Å². The average Bonchev–Trinajstić information content (AvgIpc) is 3.03. The Hall–Kier alpha value is -1.86. The molecule has 1 unspecified atom stereocenters. The normalized spacial score (nSPS) is 21.6. The van der Waals surface area contributed by atoms with E-state index in [2.05, 4.69) is 10.2 Å². The molecule has 0 saturated carbocycles. The molecule has 3 rings (SSSR count). The topological polar surface area (TPSA) is 54.0 Å². The molecule has 0 aliphatic carbocycles. The average molecular weight is 323 g/mol. The molecular weight excluding hydrogens is 301 g/mol. The Morgan fingerprint density at radius 2 is 2.13 bits per heavy atom. The van der Waals surface area contributed by atoms with Crippen molar-refractivity contribution in [3.05, 3.63) is 24.0 Å². The van der Waals surface area contributed by atoms with Gasteiger partial charge in [-0.3, -0.25) is 4.79 Å². The lowest BCUT2D eigenvalue weighted by atomic mass is 10.2. The van der Waals surface area contributed by atoms with E-state index < -0.39 is 0 Å². The first-order valence-corrected chi connectivity index (χ1v) is 7.87. The Morgan fingerprint density at radius 3 is 2.87 bits per heavy atom. The quantitative estimate of drug-likeness (QED) is 0.894. The third-order valence-corrected chi connectivity index (χ3v) is 4.12. The third-order valence-electron chi connectivity index (χ3n) is 4.12. The standard InChI is InChI=1S/C16H22FN3O3/c1-12(21)18-9-14-10-20(11-23-14)13-2-3-15(17)16(8-13)19-4-6-22-7-5-19/h2-3,8,14H,4-7,9-11H2,1H3,(H,18,21). The van der Waals surface area contributed by atoms with Gasteiger partial charge in [0.1, 0.15) is 12.5 Å². The predicted molar refractivity (Wildman–Crippen MR) is 85.2 cm³/mol. The van der Waals surface area contributed by atoms with Crippen LogP contribution in [0.1, 0.15) is 6.92 Å². The molecule has 1 N–H and O–H groups in total. The molecule has 2 heterocycles. The molecular formula is C16H22FN3O3. The summed E-state index contributed by atoms with van der Waals surface area (Å²) < 4.78 is 25.1. The van der Waals surface area contributed by atoms with E-state index in [9.17, 15) is 9.18 Å². The van der Waals surface area contributed by atoms with E-state index >= 15 is 0 Å². The minimum Gasteiger partial charge on any atom is -0.378 e. The van der Waals surface area contributed by atoms with Crippen molar-refractivity contribution in [3.8, 4) is 0 Å². The van der Waals surface area contributed by atoms with Crippen molar-refractivity contribution < 1.29 is 18.7 Å². The molecule has 6 nitrogen and oxygen atoms in total. The lowest BCUT2D eigenvalue weighted by Gasteiger charge is -2.30. The van der Waals surface area contributed by atoms with Crippen LogP contribution in [0.15, 0.2) is 18.2 Å². The van der Waals surface area contributed by atoms with Gasteiger partial charge in [-0.15, -0.1) is 0 Å². The van der Waals surface area contributed by atoms with E-state index in [1.165, 1.54) is 13.0 Å². The maximum Gasteiger partial charge on any atom is 0.216 e. The highest BCUT2D eigenvalue weighted by molar-refractivity contribution is 5.72. The van der Waals surface area contributed by atoms with Gasteiger partial charge >= 0.3 is 0 Å². The molecule has 23 heavy (non-hydrogen) atoms. The van der Waals surface area contributed by atoms with Gasteiger partial charge in [0.05, 0.1) is 25.0 Å². The zero-order valence-electron chi connectivity index (χ0n) is 13.3. The third kappa shape index (κ3) is 3.92. The van der Waals surface area contributed by atoms with Gasteiger partial charge in [0, 0.05) is 38.8 Å². The van der Waals surface area contributed by atoms with Crippen molar-refractivity contribution in [2.24, 2.45) is 0 Å². The number of nitrogens with one attached hydrogen (secondary N) is 1. The van der Waals surface area contributed by atoms with Gasteiger partial charge in [0.15, 0.2) is 0 Å². The van der Waals surface area contributed by atoms with Crippen molar-refractivity contribution in [2.75, 3.05) is 55.9 Å². The minimum absolute atomic E-state index is 0.0456. The number of carbonyl (C=O) groups is 1. The summed E-state index contributed by atoms with van der Waals surface area (Å²) in [6.45, 7) is 5.73. The molecule has 1 amide bonds. The molecule has 2 fully saturated rings. The van der Waals surface area contributed by atoms with E-state index in [1.807, 2.05) is 11.0 Å². The highest BCUT2D eigenvalue weighted by Gasteiger charge is 2.25. The van der Waals surface area contributed by atoms with Crippen LogP contribution in [0.3, 0.4) is 0 Å². The Bertz CT molecular complexity index is 564. The summed E-state index contributed by atoms with van der Waals surface area (Å²) in [6, 6.07) is 5.13. The van der Waals surface area contributed by atoms with Crippen molar-refractivity contribution in [3.63, 3.8) is 0 Å².